The molecule has 1 rings (SSSR count). The minimum absolute atomic E-state index is 0.0816. The molecular formula is C8H7Cl2F. The maximum Gasteiger partial charge on any atom is 0.145 e. The van der Waals surface area contributed by atoms with Gasteiger partial charge in [0.1, 0.15) is 5.82 Å². The Balaban J connectivity index is 3.46. The molecule has 1 aromatic carbocycles. The fraction of sp³-hybridized carbons (Fsp3) is 0.250. The number of benzene rings is 1. The highest BCUT2D eigenvalue weighted by Crippen LogP contribution is 2.27. The summed E-state index contributed by atoms with van der Waals surface area (Å²) in [5, 5.41) is 0.590. The number of hydrogen-bond donors (Lipinski definition) is 0. The van der Waals surface area contributed by atoms with E-state index in [1.807, 2.05) is 0 Å². The van der Waals surface area contributed by atoms with Crippen LogP contribution in [0.3, 0.4) is 0 Å². The van der Waals surface area contributed by atoms with E-state index in [0.29, 0.717) is 10.6 Å². The van der Waals surface area contributed by atoms with Crippen molar-refractivity contribution < 1.29 is 4.39 Å². The average molecular weight is 193 g/mol. The van der Waals surface area contributed by atoms with Crippen LogP contribution < -0.4 is 0 Å². The van der Waals surface area contributed by atoms with Gasteiger partial charge < -0.3 is 0 Å². The van der Waals surface area contributed by atoms with Gasteiger partial charge in [-0.15, -0.1) is 0 Å². The highest BCUT2D eigenvalue weighted by Gasteiger charge is 2.08. The van der Waals surface area contributed by atoms with Gasteiger partial charge in [-0.1, -0.05) is 23.2 Å². The summed E-state index contributed by atoms with van der Waals surface area (Å²) in [6.07, 6.45) is 0. The maximum atomic E-state index is 13.0. The molecule has 0 amide bonds. The molecule has 0 atom stereocenters. The fourth-order valence-corrected chi connectivity index (χ4v) is 1.36. The maximum absolute atomic E-state index is 13.0. The SMILES string of the molecule is Cc1c(Cl)cc(Cl)c(F)c1C. The molecule has 1 aromatic rings. The molecule has 0 aliphatic carbocycles. The zero-order valence-electron chi connectivity index (χ0n) is 6.21. The van der Waals surface area contributed by atoms with Crippen LogP contribution in [0.15, 0.2) is 6.07 Å². The van der Waals surface area contributed by atoms with E-state index < -0.39 is 0 Å². The first-order chi connectivity index (χ1) is 5.04. The lowest BCUT2D eigenvalue weighted by Gasteiger charge is -2.04. The van der Waals surface area contributed by atoms with Crippen LogP contribution in [0.2, 0.25) is 10.0 Å². The van der Waals surface area contributed by atoms with Crippen molar-refractivity contribution in [3.8, 4) is 0 Å². The Bertz CT molecular complexity index is 268. The standard InChI is InChI=1S/C8H7Cl2F/c1-4-5(2)8(11)7(10)3-6(4)9/h3H,1-2H3. The summed E-state index contributed by atoms with van der Waals surface area (Å²) in [5.74, 6) is -0.381. The normalized spacial score (nSPS) is 10.3. The van der Waals surface area contributed by atoms with Crippen molar-refractivity contribution in [2.75, 3.05) is 0 Å². The van der Waals surface area contributed by atoms with Crippen LogP contribution in [-0.2, 0) is 0 Å². The predicted octanol–water partition coefficient (Wildman–Crippen LogP) is 3.75. The summed E-state index contributed by atoms with van der Waals surface area (Å²) < 4.78 is 13.0. The van der Waals surface area contributed by atoms with Gasteiger partial charge in [-0.25, -0.2) is 4.39 Å². The number of hydrogen-bond acceptors (Lipinski definition) is 0. The molecule has 0 bridgehead atoms. The lowest BCUT2D eigenvalue weighted by atomic mass is 10.1. The lowest BCUT2D eigenvalue weighted by Crippen LogP contribution is -1.89. The molecule has 0 fully saturated rings. The summed E-state index contributed by atoms with van der Waals surface area (Å²) in [6, 6.07) is 1.42. The second-order valence-corrected chi connectivity index (χ2v) is 3.22. The molecular weight excluding hydrogens is 186 g/mol. The Labute approximate surface area is 74.9 Å². The zero-order valence-corrected chi connectivity index (χ0v) is 7.72. The molecule has 0 aliphatic rings. The third-order valence-corrected chi connectivity index (χ3v) is 2.38. The molecule has 0 heterocycles. The molecule has 0 radical (unpaired) electrons. The van der Waals surface area contributed by atoms with E-state index in [1.165, 1.54) is 6.07 Å². The van der Waals surface area contributed by atoms with Crippen LogP contribution in [0.5, 0.6) is 0 Å². The molecule has 11 heavy (non-hydrogen) atoms. The Kier molecular flexibility index (Phi) is 2.40. The molecule has 0 aliphatic heterocycles. The van der Waals surface area contributed by atoms with Gasteiger partial charge >= 0.3 is 0 Å². The Morgan fingerprint density at radius 1 is 1.09 bits per heavy atom. The van der Waals surface area contributed by atoms with Crippen LogP contribution in [0.25, 0.3) is 0 Å². The van der Waals surface area contributed by atoms with Crippen molar-refractivity contribution in [2.24, 2.45) is 0 Å². The minimum Gasteiger partial charge on any atom is -0.205 e. The Hall–Kier alpha value is -0.270. The molecule has 60 valence electrons. The Morgan fingerprint density at radius 2 is 1.64 bits per heavy atom. The molecule has 0 aromatic heterocycles. The Morgan fingerprint density at radius 3 is 2.18 bits per heavy atom. The lowest BCUT2D eigenvalue weighted by molar-refractivity contribution is 0.617. The smallest absolute Gasteiger partial charge is 0.145 e. The molecule has 3 heteroatoms. The van der Waals surface area contributed by atoms with E-state index >= 15 is 0 Å². The summed E-state index contributed by atoms with van der Waals surface area (Å²) >= 11 is 11.3. The predicted molar refractivity (Wildman–Crippen MR) is 45.9 cm³/mol. The minimum atomic E-state index is -0.381. The van der Waals surface area contributed by atoms with Crippen molar-refractivity contribution in [3.05, 3.63) is 33.1 Å². The summed E-state index contributed by atoms with van der Waals surface area (Å²) in [5.41, 5.74) is 1.26. The molecule has 0 N–H and O–H groups in total. The van der Waals surface area contributed by atoms with Gasteiger partial charge in [-0.2, -0.15) is 0 Å². The first-order valence-corrected chi connectivity index (χ1v) is 3.90. The van der Waals surface area contributed by atoms with Gasteiger partial charge in [0.05, 0.1) is 5.02 Å². The molecule has 0 unspecified atom stereocenters. The monoisotopic (exact) mass is 192 g/mol. The number of halogens is 3. The molecule has 0 spiro atoms. The number of rotatable bonds is 0. The first kappa shape index (κ1) is 8.82. The van der Waals surface area contributed by atoms with Gasteiger partial charge in [-0.05, 0) is 31.0 Å². The van der Waals surface area contributed by atoms with E-state index in [-0.39, 0.29) is 10.8 Å². The molecule has 0 nitrogen and oxygen atoms in total. The second-order valence-electron chi connectivity index (χ2n) is 2.40. The van der Waals surface area contributed by atoms with E-state index in [4.69, 9.17) is 23.2 Å². The summed E-state index contributed by atoms with van der Waals surface area (Å²) in [7, 11) is 0. The van der Waals surface area contributed by atoms with Crippen LogP contribution >= 0.6 is 23.2 Å². The summed E-state index contributed by atoms with van der Waals surface area (Å²) in [6.45, 7) is 3.42. The van der Waals surface area contributed by atoms with Gasteiger partial charge in [0, 0.05) is 5.02 Å². The van der Waals surface area contributed by atoms with Gasteiger partial charge in [-0.3, -0.25) is 0 Å². The van der Waals surface area contributed by atoms with Crippen molar-refractivity contribution in [3.63, 3.8) is 0 Å². The van der Waals surface area contributed by atoms with Crippen LogP contribution in [0.4, 0.5) is 4.39 Å². The largest absolute Gasteiger partial charge is 0.205 e. The topological polar surface area (TPSA) is 0 Å². The van der Waals surface area contributed by atoms with Crippen molar-refractivity contribution in [2.45, 2.75) is 13.8 Å². The fourth-order valence-electron chi connectivity index (χ4n) is 0.806. The zero-order chi connectivity index (χ0) is 8.59. The quantitative estimate of drug-likeness (QED) is 0.550. The van der Waals surface area contributed by atoms with E-state index in [0.717, 1.165) is 5.56 Å². The summed E-state index contributed by atoms with van der Waals surface area (Å²) in [4.78, 5) is 0. The van der Waals surface area contributed by atoms with E-state index in [2.05, 4.69) is 0 Å². The average Bonchev–Trinajstić information content (AvgIpc) is 1.97. The third-order valence-electron chi connectivity index (χ3n) is 1.71. The highest BCUT2D eigenvalue weighted by molar-refractivity contribution is 6.35. The van der Waals surface area contributed by atoms with Crippen molar-refractivity contribution >= 4 is 23.2 Å². The highest BCUT2D eigenvalue weighted by atomic mass is 35.5. The van der Waals surface area contributed by atoms with Gasteiger partial charge in [0.2, 0.25) is 0 Å². The van der Waals surface area contributed by atoms with Crippen molar-refractivity contribution in [1.82, 2.24) is 0 Å². The first-order valence-electron chi connectivity index (χ1n) is 3.14. The van der Waals surface area contributed by atoms with E-state index in [1.54, 1.807) is 13.8 Å². The second kappa shape index (κ2) is 3.00. The van der Waals surface area contributed by atoms with Gasteiger partial charge in [0.25, 0.3) is 0 Å². The third kappa shape index (κ3) is 1.49. The molecule has 0 saturated heterocycles. The van der Waals surface area contributed by atoms with Crippen LogP contribution in [0, 0.1) is 19.7 Å². The van der Waals surface area contributed by atoms with Crippen LogP contribution in [-0.4, -0.2) is 0 Å². The van der Waals surface area contributed by atoms with Crippen molar-refractivity contribution in [1.29, 1.82) is 0 Å². The van der Waals surface area contributed by atoms with Gasteiger partial charge in [0.15, 0.2) is 0 Å². The van der Waals surface area contributed by atoms with Crippen LogP contribution in [0.1, 0.15) is 11.1 Å². The molecule has 0 saturated carbocycles. The van der Waals surface area contributed by atoms with E-state index in [9.17, 15) is 4.39 Å².